The number of amides is 2. The zero-order valence-corrected chi connectivity index (χ0v) is 15.2. The van der Waals surface area contributed by atoms with Gasteiger partial charge in [-0.25, -0.2) is 14.1 Å². The number of hydrogen-bond donors (Lipinski definition) is 0. The van der Waals surface area contributed by atoms with Crippen LogP contribution in [0.2, 0.25) is 0 Å². The molecule has 0 aromatic heterocycles. The molecular weight excluding hydrogens is 349 g/mol. The van der Waals surface area contributed by atoms with Crippen LogP contribution in [0, 0.1) is 12.7 Å². The van der Waals surface area contributed by atoms with E-state index in [1.165, 1.54) is 29.8 Å². The molecule has 0 saturated carbocycles. The highest BCUT2D eigenvalue weighted by Crippen LogP contribution is 2.11. The fraction of sp³-hybridized carbons (Fsp3) is 0.286. The summed E-state index contributed by atoms with van der Waals surface area (Å²) in [6.07, 6.45) is 0.0149. The number of halogens is 1. The summed E-state index contributed by atoms with van der Waals surface area (Å²) in [5, 5.41) is 0. The minimum Gasteiger partial charge on any atom is -0.447 e. The predicted molar refractivity (Wildman–Crippen MR) is 98.8 cm³/mol. The van der Waals surface area contributed by atoms with Gasteiger partial charge in [0.25, 0.3) is 0 Å². The Labute approximate surface area is 157 Å². The number of carbonyl (C=O) groups is 3. The summed E-state index contributed by atoms with van der Waals surface area (Å²) in [5.41, 5.74) is 1.74. The lowest BCUT2D eigenvalue weighted by Crippen LogP contribution is -2.31. The van der Waals surface area contributed by atoms with Crippen molar-refractivity contribution in [3.63, 3.8) is 0 Å². The van der Waals surface area contributed by atoms with Crippen molar-refractivity contribution in [3.05, 3.63) is 71.5 Å². The summed E-state index contributed by atoms with van der Waals surface area (Å²) in [7, 11) is 0. The molecule has 1 heterocycles. The molecule has 1 aliphatic rings. The third kappa shape index (κ3) is 6.66. The van der Waals surface area contributed by atoms with E-state index in [1.54, 1.807) is 0 Å². The van der Waals surface area contributed by atoms with E-state index >= 15 is 0 Å². The number of carbonyl (C=O) groups excluding carboxylic acids is 3. The highest BCUT2D eigenvalue weighted by Gasteiger charge is 2.27. The zero-order valence-electron chi connectivity index (χ0n) is 15.2. The van der Waals surface area contributed by atoms with E-state index in [2.05, 4.69) is 23.8 Å². The number of aryl methyl sites for hydroxylation is 1. The molecule has 0 N–H and O–H groups in total. The van der Waals surface area contributed by atoms with Crippen LogP contribution >= 0.6 is 0 Å². The number of ketones is 1. The molecule has 1 aliphatic heterocycles. The SMILES string of the molecule is Cc1ccccc1.O=C(CCCC(=O)N1CCOC1=O)c1ccc(F)cc1. The average molecular weight is 371 g/mol. The van der Waals surface area contributed by atoms with E-state index in [-0.39, 0.29) is 37.7 Å². The predicted octanol–water partition coefficient (Wildman–Crippen LogP) is 4.15. The first kappa shape index (κ1) is 20.3. The first-order valence-corrected chi connectivity index (χ1v) is 8.75. The molecule has 2 aromatic carbocycles. The molecule has 5 nitrogen and oxygen atoms in total. The molecule has 2 aromatic rings. The number of imide groups is 1. The number of Topliss-reactive ketones (excluding diaryl/α,β-unsaturated/α-hetero) is 1. The van der Waals surface area contributed by atoms with Crippen LogP contribution in [0.4, 0.5) is 9.18 Å². The summed E-state index contributed by atoms with van der Waals surface area (Å²) >= 11 is 0. The van der Waals surface area contributed by atoms with Gasteiger partial charge in [0, 0.05) is 18.4 Å². The van der Waals surface area contributed by atoms with Gasteiger partial charge in [-0.1, -0.05) is 35.9 Å². The first-order valence-electron chi connectivity index (χ1n) is 8.75. The molecule has 142 valence electrons. The Morgan fingerprint density at radius 2 is 1.70 bits per heavy atom. The number of ether oxygens (including phenoxy) is 1. The van der Waals surface area contributed by atoms with Crippen LogP contribution in [0.25, 0.3) is 0 Å². The first-order chi connectivity index (χ1) is 13.0. The van der Waals surface area contributed by atoms with Crippen LogP contribution in [0.3, 0.4) is 0 Å². The fourth-order valence-corrected chi connectivity index (χ4v) is 2.47. The van der Waals surface area contributed by atoms with Gasteiger partial charge in [0.2, 0.25) is 5.91 Å². The molecule has 1 saturated heterocycles. The van der Waals surface area contributed by atoms with Crippen molar-refractivity contribution < 1.29 is 23.5 Å². The molecule has 0 radical (unpaired) electrons. The molecule has 1 fully saturated rings. The van der Waals surface area contributed by atoms with Crippen molar-refractivity contribution in [1.82, 2.24) is 4.90 Å². The number of cyclic esters (lactones) is 1. The largest absolute Gasteiger partial charge is 0.447 e. The van der Waals surface area contributed by atoms with Crippen molar-refractivity contribution in [2.24, 2.45) is 0 Å². The van der Waals surface area contributed by atoms with Crippen LogP contribution in [-0.2, 0) is 9.53 Å². The van der Waals surface area contributed by atoms with Gasteiger partial charge in [-0.3, -0.25) is 9.59 Å². The average Bonchev–Trinajstić information content (AvgIpc) is 3.09. The molecule has 0 spiro atoms. The number of rotatable bonds is 5. The van der Waals surface area contributed by atoms with E-state index in [1.807, 2.05) is 18.2 Å². The lowest BCUT2D eigenvalue weighted by molar-refractivity contribution is -0.127. The monoisotopic (exact) mass is 371 g/mol. The van der Waals surface area contributed by atoms with Crippen molar-refractivity contribution in [2.45, 2.75) is 26.2 Å². The molecule has 0 unspecified atom stereocenters. The minimum atomic E-state index is -0.625. The number of nitrogens with zero attached hydrogens (tertiary/aromatic N) is 1. The number of benzene rings is 2. The van der Waals surface area contributed by atoms with Gasteiger partial charge >= 0.3 is 6.09 Å². The van der Waals surface area contributed by atoms with Crippen LogP contribution in [0.5, 0.6) is 0 Å². The van der Waals surface area contributed by atoms with Crippen LogP contribution < -0.4 is 0 Å². The second-order valence-electron chi connectivity index (χ2n) is 6.10. The summed E-state index contributed by atoms with van der Waals surface area (Å²) in [5.74, 6) is -0.884. The van der Waals surface area contributed by atoms with E-state index in [9.17, 15) is 18.8 Å². The summed E-state index contributed by atoms with van der Waals surface area (Å²) in [6.45, 7) is 2.57. The Morgan fingerprint density at radius 1 is 1.04 bits per heavy atom. The smallest absolute Gasteiger partial charge is 0.416 e. The third-order valence-corrected chi connectivity index (χ3v) is 3.96. The van der Waals surface area contributed by atoms with Crippen LogP contribution in [0.1, 0.15) is 35.2 Å². The molecular formula is C21H22FNO4. The van der Waals surface area contributed by atoms with E-state index in [0.717, 1.165) is 4.90 Å². The van der Waals surface area contributed by atoms with Gasteiger partial charge in [0.05, 0.1) is 6.54 Å². The van der Waals surface area contributed by atoms with E-state index in [4.69, 9.17) is 0 Å². The zero-order chi connectivity index (χ0) is 19.6. The quantitative estimate of drug-likeness (QED) is 0.741. The second-order valence-corrected chi connectivity index (χ2v) is 6.10. The maximum atomic E-state index is 12.7. The lowest BCUT2D eigenvalue weighted by Gasteiger charge is -2.09. The Hall–Kier alpha value is -3.02. The van der Waals surface area contributed by atoms with Crippen molar-refractivity contribution in [3.8, 4) is 0 Å². The highest BCUT2D eigenvalue weighted by atomic mass is 19.1. The lowest BCUT2D eigenvalue weighted by atomic mass is 10.1. The molecule has 2 amide bonds. The van der Waals surface area contributed by atoms with E-state index in [0.29, 0.717) is 12.0 Å². The molecule has 0 atom stereocenters. The van der Waals surface area contributed by atoms with Gasteiger partial charge in [-0.2, -0.15) is 0 Å². The van der Waals surface area contributed by atoms with Crippen LogP contribution in [0.15, 0.2) is 54.6 Å². The Morgan fingerprint density at radius 3 is 2.22 bits per heavy atom. The van der Waals surface area contributed by atoms with Gasteiger partial charge in [0.15, 0.2) is 5.78 Å². The van der Waals surface area contributed by atoms with Crippen molar-refractivity contribution >= 4 is 17.8 Å². The fourth-order valence-electron chi connectivity index (χ4n) is 2.47. The van der Waals surface area contributed by atoms with Gasteiger partial charge < -0.3 is 4.74 Å². The Balaban J connectivity index is 0.000000313. The Kier molecular flexibility index (Phi) is 7.67. The van der Waals surface area contributed by atoms with Gasteiger partial charge in [-0.15, -0.1) is 0 Å². The molecule has 6 heteroatoms. The van der Waals surface area contributed by atoms with E-state index < -0.39 is 11.9 Å². The van der Waals surface area contributed by atoms with Gasteiger partial charge in [0.1, 0.15) is 12.4 Å². The minimum absolute atomic E-state index is 0.113. The molecule has 27 heavy (non-hydrogen) atoms. The highest BCUT2D eigenvalue weighted by molar-refractivity contribution is 5.96. The van der Waals surface area contributed by atoms with Crippen molar-refractivity contribution in [1.29, 1.82) is 0 Å². The van der Waals surface area contributed by atoms with Crippen molar-refractivity contribution in [2.75, 3.05) is 13.2 Å². The third-order valence-electron chi connectivity index (χ3n) is 3.96. The number of hydrogen-bond acceptors (Lipinski definition) is 4. The molecule has 0 bridgehead atoms. The van der Waals surface area contributed by atoms with Crippen LogP contribution in [-0.4, -0.2) is 35.8 Å². The Bertz CT molecular complexity index is 775. The summed E-state index contributed by atoms with van der Waals surface area (Å²) in [4.78, 5) is 35.7. The standard InChI is InChI=1S/C14H14FNO4.C7H8/c15-11-6-4-10(5-7-11)12(17)2-1-3-13(18)16-8-9-20-14(16)19;1-7-5-3-2-4-6-7/h4-7H,1-3,8-9H2;2-6H,1H3. The normalized spacial score (nSPS) is 12.8. The maximum absolute atomic E-state index is 12.7. The topological polar surface area (TPSA) is 63.7 Å². The summed E-state index contributed by atoms with van der Waals surface area (Å²) < 4.78 is 17.4. The van der Waals surface area contributed by atoms with Gasteiger partial charge in [-0.05, 0) is 37.6 Å². The maximum Gasteiger partial charge on any atom is 0.416 e. The second kappa shape index (κ2) is 10.2. The summed E-state index contributed by atoms with van der Waals surface area (Å²) in [6, 6.07) is 15.5. The molecule has 3 rings (SSSR count). The molecule has 0 aliphatic carbocycles.